The molecule has 29 heavy (non-hydrogen) atoms. The normalized spacial score (nSPS) is 14.3. The summed E-state index contributed by atoms with van der Waals surface area (Å²) in [4.78, 5) is 24.2. The van der Waals surface area contributed by atoms with Crippen LogP contribution in [-0.2, 0) is 17.8 Å². The van der Waals surface area contributed by atoms with Gasteiger partial charge in [-0.3, -0.25) is 4.99 Å². The van der Waals surface area contributed by atoms with E-state index in [0.717, 1.165) is 25.6 Å². The maximum atomic E-state index is 11.8. The van der Waals surface area contributed by atoms with Crippen LogP contribution in [0.25, 0.3) is 0 Å². The van der Waals surface area contributed by atoms with E-state index in [4.69, 9.17) is 4.74 Å². The third-order valence-electron chi connectivity index (χ3n) is 4.71. The third kappa shape index (κ3) is 6.62. The summed E-state index contributed by atoms with van der Waals surface area (Å²) in [5.41, 5.74) is 2.43. The summed E-state index contributed by atoms with van der Waals surface area (Å²) in [7, 11) is 1.79. The highest BCUT2D eigenvalue weighted by molar-refractivity contribution is 14.0. The molecule has 1 fully saturated rings. The van der Waals surface area contributed by atoms with Gasteiger partial charge in [0.05, 0.1) is 12.9 Å². The molecule has 9 heteroatoms. The maximum Gasteiger partial charge on any atom is 0.409 e. The SMILES string of the molecule is CCOC(=O)N1CCN(C(=NC)NCc2ccc(Cn3ccnc3)cc2)CC1.I. The van der Waals surface area contributed by atoms with Crippen molar-refractivity contribution in [2.45, 2.75) is 20.0 Å². The molecule has 1 N–H and O–H groups in total. The molecule has 0 unspecified atom stereocenters. The van der Waals surface area contributed by atoms with Crippen LogP contribution in [0.3, 0.4) is 0 Å². The van der Waals surface area contributed by atoms with E-state index >= 15 is 0 Å². The predicted octanol–water partition coefficient (Wildman–Crippen LogP) is 2.40. The van der Waals surface area contributed by atoms with Crippen molar-refractivity contribution in [3.63, 3.8) is 0 Å². The number of amides is 1. The highest BCUT2D eigenvalue weighted by atomic mass is 127. The van der Waals surface area contributed by atoms with Crippen LogP contribution in [0.15, 0.2) is 48.0 Å². The fourth-order valence-electron chi connectivity index (χ4n) is 3.18. The average Bonchev–Trinajstić information content (AvgIpc) is 3.23. The van der Waals surface area contributed by atoms with E-state index in [0.29, 0.717) is 26.2 Å². The lowest BCUT2D eigenvalue weighted by Crippen LogP contribution is -2.53. The maximum absolute atomic E-state index is 11.8. The molecule has 2 aromatic rings. The molecular weight excluding hydrogens is 483 g/mol. The number of imidazole rings is 1. The Kier molecular flexibility index (Phi) is 9.23. The molecule has 1 aromatic heterocycles. The van der Waals surface area contributed by atoms with E-state index in [2.05, 4.69) is 44.5 Å². The van der Waals surface area contributed by atoms with Gasteiger partial charge < -0.3 is 24.4 Å². The molecule has 0 atom stereocenters. The lowest BCUT2D eigenvalue weighted by atomic mass is 10.1. The second-order valence-corrected chi connectivity index (χ2v) is 6.63. The second kappa shape index (κ2) is 11.6. The van der Waals surface area contributed by atoms with E-state index in [-0.39, 0.29) is 30.1 Å². The molecular formula is C20H29IN6O2. The van der Waals surface area contributed by atoms with Gasteiger partial charge in [-0.15, -0.1) is 24.0 Å². The van der Waals surface area contributed by atoms with Gasteiger partial charge in [-0.05, 0) is 18.1 Å². The van der Waals surface area contributed by atoms with Crippen molar-refractivity contribution in [2.75, 3.05) is 39.8 Å². The van der Waals surface area contributed by atoms with Crippen molar-refractivity contribution >= 4 is 36.0 Å². The van der Waals surface area contributed by atoms with Gasteiger partial charge in [0.2, 0.25) is 0 Å². The molecule has 1 aliphatic rings. The molecule has 1 amide bonds. The molecule has 0 aliphatic carbocycles. The number of carbonyl (C=O) groups is 1. The van der Waals surface area contributed by atoms with Crippen molar-refractivity contribution in [3.05, 3.63) is 54.1 Å². The fraction of sp³-hybridized carbons (Fsp3) is 0.450. The number of nitrogens with zero attached hydrogens (tertiary/aromatic N) is 5. The molecule has 3 rings (SSSR count). The first-order valence-electron chi connectivity index (χ1n) is 9.60. The zero-order valence-corrected chi connectivity index (χ0v) is 19.3. The van der Waals surface area contributed by atoms with Gasteiger partial charge in [0.1, 0.15) is 0 Å². The summed E-state index contributed by atoms with van der Waals surface area (Å²) in [5.74, 6) is 0.853. The largest absolute Gasteiger partial charge is 0.450 e. The van der Waals surface area contributed by atoms with Crippen LogP contribution < -0.4 is 5.32 Å². The van der Waals surface area contributed by atoms with Crippen LogP contribution in [-0.4, -0.2) is 71.2 Å². The van der Waals surface area contributed by atoms with Crippen molar-refractivity contribution in [2.24, 2.45) is 4.99 Å². The monoisotopic (exact) mass is 512 g/mol. The van der Waals surface area contributed by atoms with Gasteiger partial charge in [-0.25, -0.2) is 9.78 Å². The smallest absolute Gasteiger partial charge is 0.409 e. The molecule has 8 nitrogen and oxygen atoms in total. The van der Waals surface area contributed by atoms with E-state index < -0.39 is 0 Å². The van der Waals surface area contributed by atoms with Crippen molar-refractivity contribution in [1.82, 2.24) is 24.7 Å². The van der Waals surface area contributed by atoms with E-state index in [1.165, 1.54) is 11.1 Å². The standard InChI is InChI=1S/C20H28N6O2.HI/c1-3-28-20(27)26-12-10-25(11-13-26)19(21-2)23-14-17-4-6-18(7-5-17)15-24-9-8-22-16-24;/h4-9,16H,3,10-15H2,1-2H3,(H,21,23);1H. The summed E-state index contributed by atoms with van der Waals surface area (Å²) in [6.07, 6.45) is 5.33. The molecule has 1 saturated heterocycles. The minimum Gasteiger partial charge on any atom is -0.450 e. The number of ether oxygens (including phenoxy) is 1. The number of rotatable bonds is 5. The highest BCUT2D eigenvalue weighted by Gasteiger charge is 2.23. The highest BCUT2D eigenvalue weighted by Crippen LogP contribution is 2.08. The van der Waals surface area contributed by atoms with E-state index in [9.17, 15) is 4.79 Å². The second-order valence-electron chi connectivity index (χ2n) is 6.63. The van der Waals surface area contributed by atoms with Crippen LogP contribution >= 0.6 is 24.0 Å². The van der Waals surface area contributed by atoms with Crippen molar-refractivity contribution in [3.8, 4) is 0 Å². The molecule has 158 valence electrons. The number of piperazine rings is 1. The van der Waals surface area contributed by atoms with Crippen LogP contribution in [0.2, 0.25) is 0 Å². The molecule has 0 spiro atoms. The number of guanidine groups is 1. The number of hydrogen-bond acceptors (Lipinski definition) is 4. The number of carbonyl (C=O) groups excluding carboxylic acids is 1. The number of hydrogen-bond donors (Lipinski definition) is 1. The van der Waals surface area contributed by atoms with Gasteiger partial charge in [-0.2, -0.15) is 0 Å². The quantitative estimate of drug-likeness (QED) is 0.379. The van der Waals surface area contributed by atoms with Gasteiger partial charge in [0.25, 0.3) is 0 Å². The first-order chi connectivity index (χ1) is 13.7. The van der Waals surface area contributed by atoms with Crippen molar-refractivity contribution in [1.29, 1.82) is 0 Å². The molecule has 0 radical (unpaired) electrons. The zero-order chi connectivity index (χ0) is 19.8. The Morgan fingerprint density at radius 1 is 1.14 bits per heavy atom. The lowest BCUT2D eigenvalue weighted by molar-refractivity contribution is 0.0914. The zero-order valence-electron chi connectivity index (χ0n) is 17.0. The average molecular weight is 512 g/mol. The van der Waals surface area contributed by atoms with Crippen LogP contribution in [0.1, 0.15) is 18.1 Å². The Hall–Kier alpha value is -2.30. The summed E-state index contributed by atoms with van der Waals surface area (Å²) < 4.78 is 7.12. The fourth-order valence-corrected chi connectivity index (χ4v) is 3.18. The lowest BCUT2D eigenvalue weighted by Gasteiger charge is -2.35. The number of halogens is 1. The number of aromatic nitrogens is 2. The summed E-state index contributed by atoms with van der Waals surface area (Å²) >= 11 is 0. The van der Waals surface area contributed by atoms with Gasteiger partial charge in [0, 0.05) is 58.7 Å². The number of benzene rings is 1. The van der Waals surface area contributed by atoms with Gasteiger partial charge in [-0.1, -0.05) is 24.3 Å². The van der Waals surface area contributed by atoms with Crippen LogP contribution in [0.4, 0.5) is 4.79 Å². The molecule has 1 aromatic carbocycles. The number of aliphatic imine (C=N–C) groups is 1. The third-order valence-corrected chi connectivity index (χ3v) is 4.71. The summed E-state index contributed by atoms with van der Waals surface area (Å²) in [6, 6.07) is 8.53. The minimum atomic E-state index is -0.235. The Labute approximate surface area is 189 Å². The van der Waals surface area contributed by atoms with Crippen LogP contribution in [0.5, 0.6) is 0 Å². The Morgan fingerprint density at radius 2 is 1.79 bits per heavy atom. The minimum absolute atomic E-state index is 0. The van der Waals surface area contributed by atoms with E-state index in [1.807, 2.05) is 24.0 Å². The first-order valence-corrected chi connectivity index (χ1v) is 9.60. The predicted molar refractivity (Wildman–Crippen MR) is 124 cm³/mol. The molecule has 0 saturated carbocycles. The van der Waals surface area contributed by atoms with Crippen LogP contribution in [0, 0.1) is 0 Å². The van der Waals surface area contributed by atoms with E-state index in [1.54, 1.807) is 18.1 Å². The Bertz CT molecular complexity index is 771. The van der Waals surface area contributed by atoms with Gasteiger partial charge >= 0.3 is 6.09 Å². The van der Waals surface area contributed by atoms with Gasteiger partial charge in [0.15, 0.2) is 5.96 Å². The first kappa shape index (κ1) is 23.0. The number of nitrogens with one attached hydrogen (secondary N) is 1. The van der Waals surface area contributed by atoms with Crippen molar-refractivity contribution < 1.29 is 9.53 Å². The summed E-state index contributed by atoms with van der Waals surface area (Å²) in [5, 5.41) is 3.42. The molecule has 0 bridgehead atoms. The summed E-state index contributed by atoms with van der Waals surface area (Å²) in [6.45, 7) is 6.51. The Morgan fingerprint density at radius 3 is 2.38 bits per heavy atom. The molecule has 1 aliphatic heterocycles. The Balaban J connectivity index is 0.00000300. The topological polar surface area (TPSA) is 75.0 Å². The molecule has 2 heterocycles.